The molecule has 4 atom stereocenters. The summed E-state index contributed by atoms with van der Waals surface area (Å²) in [6.07, 6.45) is -1.71. The summed E-state index contributed by atoms with van der Waals surface area (Å²) >= 11 is 0. The van der Waals surface area contributed by atoms with Crippen molar-refractivity contribution in [3.63, 3.8) is 0 Å². The lowest BCUT2D eigenvalue weighted by Gasteiger charge is -2.25. The standard InChI is InChI=1S/C8H17NO4/c1-9(2)5-6(10)8(12-4)13-7(5)11-3/h5-8,10H,1-4H3/t5-,6+,7-,8+/m0/s1. The highest BCUT2D eigenvalue weighted by atomic mass is 16.8. The quantitative estimate of drug-likeness (QED) is 0.636. The van der Waals surface area contributed by atoms with Crippen molar-refractivity contribution in [2.24, 2.45) is 0 Å². The molecular weight excluding hydrogens is 174 g/mol. The molecule has 0 aromatic rings. The molecule has 0 aliphatic carbocycles. The molecule has 0 spiro atoms. The zero-order valence-electron chi connectivity index (χ0n) is 8.43. The number of methoxy groups -OCH3 is 2. The first-order valence-corrected chi connectivity index (χ1v) is 4.17. The molecule has 1 aliphatic heterocycles. The van der Waals surface area contributed by atoms with E-state index in [1.807, 2.05) is 19.0 Å². The zero-order chi connectivity index (χ0) is 10.0. The van der Waals surface area contributed by atoms with Crippen LogP contribution in [-0.2, 0) is 14.2 Å². The number of nitrogens with zero attached hydrogens (tertiary/aromatic N) is 1. The summed E-state index contributed by atoms with van der Waals surface area (Å²) in [4.78, 5) is 1.86. The first-order chi connectivity index (χ1) is 6.11. The fourth-order valence-corrected chi connectivity index (χ4v) is 1.55. The molecule has 1 N–H and O–H groups in total. The lowest BCUT2D eigenvalue weighted by molar-refractivity contribution is -0.202. The third kappa shape index (κ3) is 2.00. The predicted molar refractivity (Wildman–Crippen MR) is 46.2 cm³/mol. The largest absolute Gasteiger partial charge is 0.386 e. The summed E-state index contributed by atoms with van der Waals surface area (Å²) in [5, 5.41) is 9.75. The van der Waals surface area contributed by atoms with Crippen LogP contribution >= 0.6 is 0 Å². The van der Waals surface area contributed by atoms with E-state index in [9.17, 15) is 5.11 Å². The van der Waals surface area contributed by atoms with E-state index in [0.717, 1.165) is 0 Å². The summed E-state index contributed by atoms with van der Waals surface area (Å²) in [6.45, 7) is 0. The van der Waals surface area contributed by atoms with Crippen molar-refractivity contribution >= 4 is 0 Å². The van der Waals surface area contributed by atoms with Gasteiger partial charge in [-0.1, -0.05) is 0 Å². The van der Waals surface area contributed by atoms with Gasteiger partial charge >= 0.3 is 0 Å². The van der Waals surface area contributed by atoms with Crippen LogP contribution in [0.5, 0.6) is 0 Å². The second-order valence-electron chi connectivity index (χ2n) is 3.29. The Balaban J connectivity index is 2.68. The van der Waals surface area contributed by atoms with Crippen LogP contribution in [0.1, 0.15) is 0 Å². The predicted octanol–water partition coefficient (Wildman–Crippen LogP) is -0.747. The molecule has 0 aromatic heterocycles. The van der Waals surface area contributed by atoms with Gasteiger partial charge in [0, 0.05) is 14.2 Å². The van der Waals surface area contributed by atoms with Crippen molar-refractivity contribution in [3.05, 3.63) is 0 Å². The first kappa shape index (κ1) is 10.9. The summed E-state index contributed by atoms with van der Waals surface area (Å²) in [5.74, 6) is 0. The van der Waals surface area contributed by atoms with E-state index in [-0.39, 0.29) is 6.04 Å². The van der Waals surface area contributed by atoms with Crippen molar-refractivity contribution < 1.29 is 19.3 Å². The first-order valence-electron chi connectivity index (χ1n) is 4.17. The Morgan fingerprint density at radius 2 is 1.69 bits per heavy atom. The van der Waals surface area contributed by atoms with Gasteiger partial charge in [0.25, 0.3) is 0 Å². The number of hydrogen-bond donors (Lipinski definition) is 1. The van der Waals surface area contributed by atoms with Gasteiger partial charge in [0.1, 0.15) is 6.10 Å². The van der Waals surface area contributed by atoms with Crippen molar-refractivity contribution in [2.75, 3.05) is 28.3 Å². The lowest BCUT2D eigenvalue weighted by Crippen LogP contribution is -2.44. The van der Waals surface area contributed by atoms with Crippen LogP contribution in [0.3, 0.4) is 0 Å². The molecule has 5 nitrogen and oxygen atoms in total. The van der Waals surface area contributed by atoms with Crippen LogP contribution in [-0.4, -0.2) is 63.0 Å². The van der Waals surface area contributed by atoms with Crippen molar-refractivity contribution in [1.29, 1.82) is 0 Å². The Labute approximate surface area is 78.2 Å². The van der Waals surface area contributed by atoms with E-state index in [2.05, 4.69) is 0 Å². The van der Waals surface area contributed by atoms with Gasteiger partial charge < -0.3 is 19.3 Å². The molecule has 5 heteroatoms. The summed E-state index contributed by atoms with van der Waals surface area (Å²) in [6, 6.07) is -0.185. The molecule has 0 saturated carbocycles. The highest BCUT2D eigenvalue weighted by Crippen LogP contribution is 2.24. The maximum atomic E-state index is 9.75. The second kappa shape index (κ2) is 4.34. The molecule has 1 rings (SSSR count). The molecule has 1 fully saturated rings. The van der Waals surface area contributed by atoms with E-state index in [1.165, 1.54) is 7.11 Å². The van der Waals surface area contributed by atoms with Crippen molar-refractivity contribution in [3.8, 4) is 0 Å². The summed E-state index contributed by atoms with van der Waals surface area (Å²) in [5.41, 5.74) is 0. The van der Waals surface area contributed by atoms with Crippen LogP contribution in [0.2, 0.25) is 0 Å². The van der Waals surface area contributed by atoms with Gasteiger partial charge in [-0.05, 0) is 14.1 Å². The highest BCUT2D eigenvalue weighted by molar-refractivity contribution is 4.87. The number of rotatable bonds is 3. The Bertz CT molecular complexity index is 162. The normalized spacial score (nSPS) is 40.2. The fourth-order valence-electron chi connectivity index (χ4n) is 1.55. The van der Waals surface area contributed by atoms with Gasteiger partial charge in [-0.3, -0.25) is 4.90 Å². The number of aliphatic hydroxyl groups excluding tert-OH is 1. The number of likely N-dealkylation sites (N-methyl/N-ethyl adjacent to an activating group) is 1. The maximum absolute atomic E-state index is 9.75. The van der Waals surface area contributed by atoms with E-state index < -0.39 is 18.7 Å². The van der Waals surface area contributed by atoms with Crippen LogP contribution in [0.25, 0.3) is 0 Å². The van der Waals surface area contributed by atoms with E-state index in [0.29, 0.717) is 0 Å². The summed E-state index contributed by atoms with van der Waals surface area (Å²) < 4.78 is 15.4. The molecule has 0 radical (unpaired) electrons. The molecule has 1 heterocycles. The number of aliphatic hydroxyl groups is 1. The number of ether oxygens (including phenoxy) is 3. The molecule has 0 bridgehead atoms. The van der Waals surface area contributed by atoms with Gasteiger partial charge in [0.2, 0.25) is 0 Å². The van der Waals surface area contributed by atoms with Gasteiger partial charge in [0.15, 0.2) is 12.6 Å². The lowest BCUT2D eigenvalue weighted by atomic mass is 10.1. The molecule has 78 valence electrons. The van der Waals surface area contributed by atoms with Crippen LogP contribution in [0.15, 0.2) is 0 Å². The summed E-state index contributed by atoms with van der Waals surface area (Å²) in [7, 11) is 6.77. The topological polar surface area (TPSA) is 51.2 Å². The van der Waals surface area contributed by atoms with Crippen LogP contribution in [0, 0.1) is 0 Å². The molecule has 1 saturated heterocycles. The Morgan fingerprint density at radius 3 is 2.00 bits per heavy atom. The SMILES string of the molecule is CO[C@@H]1O[C@H](OC)[C@@H](N(C)C)[C@H]1O. The molecule has 13 heavy (non-hydrogen) atoms. The van der Waals surface area contributed by atoms with Gasteiger partial charge in [-0.15, -0.1) is 0 Å². The fraction of sp³-hybridized carbons (Fsp3) is 1.00. The maximum Gasteiger partial charge on any atom is 0.187 e. The monoisotopic (exact) mass is 191 g/mol. The van der Waals surface area contributed by atoms with Crippen molar-refractivity contribution in [2.45, 2.75) is 24.7 Å². The Kier molecular flexibility index (Phi) is 3.63. The van der Waals surface area contributed by atoms with E-state index in [1.54, 1.807) is 7.11 Å². The molecule has 1 aliphatic rings. The third-order valence-electron chi connectivity index (χ3n) is 2.24. The third-order valence-corrected chi connectivity index (χ3v) is 2.24. The molecule has 0 aromatic carbocycles. The van der Waals surface area contributed by atoms with Crippen LogP contribution < -0.4 is 0 Å². The Morgan fingerprint density at radius 1 is 1.15 bits per heavy atom. The van der Waals surface area contributed by atoms with E-state index >= 15 is 0 Å². The van der Waals surface area contributed by atoms with E-state index in [4.69, 9.17) is 14.2 Å². The van der Waals surface area contributed by atoms with Gasteiger partial charge in [0.05, 0.1) is 6.04 Å². The minimum atomic E-state index is -0.676. The Hall–Kier alpha value is -0.200. The number of hydrogen-bond acceptors (Lipinski definition) is 5. The minimum absolute atomic E-state index is 0.185. The smallest absolute Gasteiger partial charge is 0.187 e. The second-order valence-corrected chi connectivity index (χ2v) is 3.29. The highest BCUT2D eigenvalue weighted by Gasteiger charge is 2.45. The molecular formula is C8H17NO4. The van der Waals surface area contributed by atoms with Crippen LogP contribution in [0.4, 0.5) is 0 Å². The van der Waals surface area contributed by atoms with Crippen molar-refractivity contribution in [1.82, 2.24) is 4.90 Å². The average Bonchev–Trinajstić information content (AvgIpc) is 2.41. The van der Waals surface area contributed by atoms with Gasteiger partial charge in [-0.25, -0.2) is 0 Å². The van der Waals surface area contributed by atoms with Gasteiger partial charge in [-0.2, -0.15) is 0 Å². The molecule has 0 amide bonds. The minimum Gasteiger partial charge on any atom is -0.386 e. The average molecular weight is 191 g/mol. The molecule has 0 unspecified atom stereocenters. The zero-order valence-corrected chi connectivity index (χ0v) is 8.43.